The van der Waals surface area contributed by atoms with Crippen LogP contribution in [0.2, 0.25) is 0 Å². The second-order valence-corrected chi connectivity index (χ2v) is 5.66. The van der Waals surface area contributed by atoms with Crippen LogP contribution in [-0.2, 0) is 16.0 Å². The predicted molar refractivity (Wildman–Crippen MR) is 87.2 cm³/mol. The summed E-state index contributed by atoms with van der Waals surface area (Å²) < 4.78 is 24.9. The van der Waals surface area contributed by atoms with Crippen molar-refractivity contribution in [3.63, 3.8) is 0 Å². The van der Waals surface area contributed by atoms with E-state index in [-0.39, 0.29) is 5.82 Å². The van der Waals surface area contributed by atoms with Crippen molar-refractivity contribution in [2.24, 2.45) is 10.7 Å². The lowest BCUT2D eigenvalue weighted by Crippen LogP contribution is -2.44. The minimum atomic E-state index is -0.218. The molecular formula is C16H23FN4O2. The van der Waals surface area contributed by atoms with Gasteiger partial charge in [0, 0.05) is 26.2 Å². The van der Waals surface area contributed by atoms with Crippen molar-refractivity contribution in [1.82, 2.24) is 4.90 Å². The molecule has 7 heteroatoms. The molecule has 0 aromatic heterocycles. The van der Waals surface area contributed by atoms with E-state index in [2.05, 4.69) is 4.99 Å². The molecule has 2 N–H and O–H groups in total. The number of hydrogen-bond acceptors (Lipinski definition) is 4. The number of ether oxygens (including phenoxy) is 2. The highest BCUT2D eigenvalue weighted by atomic mass is 19.1. The minimum Gasteiger partial charge on any atom is -0.378 e. The summed E-state index contributed by atoms with van der Waals surface area (Å²) in [6.45, 7) is 5.93. The molecule has 0 bridgehead atoms. The van der Waals surface area contributed by atoms with Gasteiger partial charge in [-0.15, -0.1) is 0 Å². The van der Waals surface area contributed by atoms with E-state index in [4.69, 9.17) is 15.2 Å². The number of anilines is 1. The summed E-state index contributed by atoms with van der Waals surface area (Å²) in [6, 6.07) is 5.27. The molecule has 23 heavy (non-hydrogen) atoms. The Hall–Kier alpha value is -1.86. The molecule has 2 aliphatic heterocycles. The highest BCUT2D eigenvalue weighted by molar-refractivity contribution is 5.78. The number of nitrogens with two attached hydrogens (primary N) is 1. The van der Waals surface area contributed by atoms with Crippen LogP contribution in [0.3, 0.4) is 0 Å². The Labute approximate surface area is 135 Å². The SMILES string of the molecule is NC(=NCc1ccc(N2CCOCC2)c(F)c1)N1CCOCC1. The van der Waals surface area contributed by atoms with E-state index in [1.165, 1.54) is 0 Å². The lowest BCUT2D eigenvalue weighted by molar-refractivity contribution is 0.0674. The summed E-state index contributed by atoms with van der Waals surface area (Å²) >= 11 is 0. The Morgan fingerprint density at radius 2 is 1.74 bits per heavy atom. The fourth-order valence-electron chi connectivity index (χ4n) is 2.77. The lowest BCUT2D eigenvalue weighted by atomic mass is 10.1. The molecule has 1 aromatic carbocycles. The molecule has 1 aromatic rings. The van der Waals surface area contributed by atoms with Gasteiger partial charge in [0.15, 0.2) is 5.96 Å². The molecule has 126 valence electrons. The van der Waals surface area contributed by atoms with E-state index in [0.717, 1.165) is 31.7 Å². The number of guanidine groups is 1. The van der Waals surface area contributed by atoms with Crippen LogP contribution < -0.4 is 10.6 Å². The van der Waals surface area contributed by atoms with Gasteiger partial charge in [0.2, 0.25) is 0 Å². The highest BCUT2D eigenvalue weighted by Gasteiger charge is 2.15. The molecule has 0 aliphatic carbocycles. The topological polar surface area (TPSA) is 63.3 Å². The number of aliphatic imine (C=N–C) groups is 1. The van der Waals surface area contributed by atoms with E-state index in [1.807, 2.05) is 21.9 Å². The zero-order valence-corrected chi connectivity index (χ0v) is 13.2. The third kappa shape index (κ3) is 4.11. The van der Waals surface area contributed by atoms with E-state index in [1.54, 1.807) is 6.07 Å². The Bertz CT molecular complexity index is 555. The number of nitrogens with zero attached hydrogens (tertiary/aromatic N) is 3. The summed E-state index contributed by atoms with van der Waals surface area (Å²) in [5, 5.41) is 0. The summed E-state index contributed by atoms with van der Waals surface area (Å²) in [7, 11) is 0. The van der Waals surface area contributed by atoms with Crippen molar-refractivity contribution in [2.45, 2.75) is 6.54 Å². The zero-order valence-electron chi connectivity index (χ0n) is 13.2. The van der Waals surface area contributed by atoms with E-state index in [0.29, 0.717) is 44.6 Å². The van der Waals surface area contributed by atoms with Gasteiger partial charge in [0.25, 0.3) is 0 Å². The second-order valence-electron chi connectivity index (χ2n) is 5.66. The van der Waals surface area contributed by atoms with E-state index >= 15 is 0 Å². The smallest absolute Gasteiger partial charge is 0.191 e. The van der Waals surface area contributed by atoms with Gasteiger partial charge < -0.3 is 25.0 Å². The number of morpholine rings is 2. The molecule has 6 nitrogen and oxygen atoms in total. The number of hydrogen-bond donors (Lipinski definition) is 1. The predicted octanol–water partition coefficient (Wildman–Crippen LogP) is 0.809. The molecule has 0 amide bonds. The van der Waals surface area contributed by atoms with Gasteiger partial charge in [-0.3, -0.25) is 0 Å². The fraction of sp³-hybridized carbons (Fsp3) is 0.562. The molecule has 0 atom stereocenters. The van der Waals surface area contributed by atoms with Crippen molar-refractivity contribution < 1.29 is 13.9 Å². The first kappa shape index (κ1) is 16.0. The second kappa shape index (κ2) is 7.61. The summed E-state index contributed by atoms with van der Waals surface area (Å²) in [5.74, 6) is 0.274. The maximum absolute atomic E-state index is 14.3. The van der Waals surface area contributed by atoms with Gasteiger partial charge in [0.05, 0.1) is 38.7 Å². The zero-order chi connectivity index (χ0) is 16.1. The third-order valence-electron chi connectivity index (χ3n) is 4.12. The maximum atomic E-state index is 14.3. The third-order valence-corrected chi connectivity index (χ3v) is 4.12. The normalized spacial score (nSPS) is 20.0. The van der Waals surface area contributed by atoms with Gasteiger partial charge >= 0.3 is 0 Å². The first-order valence-corrected chi connectivity index (χ1v) is 7.98. The average Bonchev–Trinajstić information content (AvgIpc) is 2.61. The van der Waals surface area contributed by atoms with Crippen LogP contribution in [0.25, 0.3) is 0 Å². The monoisotopic (exact) mass is 322 g/mol. The van der Waals surface area contributed by atoms with Crippen LogP contribution >= 0.6 is 0 Å². The van der Waals surface area contributed by atoms with Gasteiger partial charge in [0.1, 0.15) is 5.82 Å². The van der Waals surface area contributed by atoms with Crippen LogP contribution in [0, 0.1) is 5.82 Å². The summed E-state index contributed by atoms with van der Waals surface area (Å²) in [4.78, 5) is 8.36. The van der Waals surface area contributed by atoms with Gasteiger partial charge in [-0.05, 0) is 17.7 Å². The van der Waals surface area contributed by atoms with Crippen molar-refractivity contribution in [1.29, 1.82) is 0 Å². The molecule has 0 spiro atoms. The van der Waals surface area contributed by atoms with Crippen LogP contribution in [0.4, 0.5) is 10.1 Å². The summed E-state index contributed by atoms with van der Waals surface area (Å²) in [5.41, 5.74) is 7.43. The van der Waals surface area contributed by atoms with Crippen molar-refractivity contribution in [2.75, 3.05) is 57.5 Å². The fourth-order valence-corrected chi connectivity index (χ4v) is 2.77. The van der Waals surface area contributed by atoms with Crippen molar-refractivity contribution in [3.8, 4) is 0 Å². The number of benzene rings is 1. The maximum Gasteiger partial charge on any atom is 0.191 e. The van der Waals surface area contributed by atoms with Crippen LogP contribution in [0.15, 0.2) is 23.2 Å². The van der Waals surface area contributed by atoms with Gasteiger partial charge in [-0.25, -0.2) is 9.38 Å². The van der Waals surface area contributed by atoms with E-state index < -0.39 is 0 Å². The molecule has 2 fully saturated rings. The first-order chi connectivity index (χ1) is 11.2. The van der Waals surface area contributed by atoms with Crippen LogP contribution in [0.1, 0.15) is 5.56 Å². The molecular weight excluding hydrogens is 299 g/mol. The van der Waals surface area contributed by atoms with Gasteiger partial charge in [-0.1, -0.05) is 6.07 Å². The standard InChI is InChI=1S/C16H23FN4O2/c17-14-11-13(1-2-15(14)20-3-7-22-8-4-20)12-19-16(18)21-5-9-23-10-6-21/h1-2,11H,3-10,12H2,(H2,18,19). The Kier molecular flexibility index (Phi) is 5.30. The largest absolute Gasteiger partial charge is 0.378 e. The van der Waals surface area contributed by atoms with Crippen LogP contribution in [-0.4, -0.2) is 63.5 Å². The Balaban J connectivity index is 1.63. The van der Waals surface area contributed by atoms with E-state index in [9.17, 15) is 4.39 Å². The molecule has 2 saturated heterocycles. The molecule has 3 rings (SSSR count). The van der Waals surface area contributed by atoms with Crippen molar-refractivity contribution in [3.05, 3.63) is 29.6 Å². The molecule has 0 saturated carbocycles. The first-order valence-electron chi connectivity index (χ1n) is 7.98. The van der Waals surface area contributed by atoms with Crippen molar-refractivity contribution >= 4 is 11.6 Å². The molecule has 0 unspecified atom stereocenters. The minimum absolute atomic E-state index is 0.218. The average molecular weight is 322 g/mol. The lowest BCUT2D eigenvalue weighted by Gasteiger charge is -2.29. The number of rotatable bonds is 3. The highest BCUT2D eigenvalue weighted by Crippen LogP contribution is 2.22. The molecule has 2 heterocycles. The molecule has 2 aliphatic rings. The number of halogens is 1. The quantitative estimate of drug-likeness (QED) is 0.659. The Morgan fingerprint density at radius 3 is 2.39 bits per heavy atom. The van der Waals surface area contributed by atoms with Crippen LogP contribution in [0.5, 0.6) is 0 Å². The molecule has 0 radical (unpaired) electrons. The summed E-state index contributed by atoms with van der Waals surface area (Å²) in [6.07, 6.45) is 0. The van der Waals surface area contributed by atoms with Gasteiger partial charge in [-0.2, -0.15) is 0 Å². The Morgan fingerprint density at radius 1 is 1.09 bits per heavy atom.